The van der Waals surface area contributed by atoms with Crippen LogP contribution in [0.25, 0.3) is 0 Å². The Morgan fingerprint density at radius 1 is 1.38 bits per heavy atom. The van der Waals surface area contributed by atoms with E-state index in [1.54, 1.807) is 23.9 Å². The summed E-state index contributed by atoms with van der Waals surface area (Å²) in [4.78, 5) is 5.48. The molecule has 1 saturated carbocycles. The number of nitrogens with two attached hydrogens (primary N) is 1. The molecule has 2 N–H and O–H groups in total. The quantitative estimate of drug-likeness (QED) is 0.857. The van der Waals surface area contributed by atoms with Crippen LogP contribution < -0.4 is 5.73 Å². The molecule has 1 aliphatic rings. The Kier molecular flexibility index (Phi) is 3.99. The van der Waals surface area contributed by atoms with Gasteiger partial charge in [0, 0.05) is 16.6 Å². The van der Waals surface area contributed by atoms with Crippen molar-refractivity contribution in [3.63, 3.8) is 0 Å². The van der Waals surface area contributed by atoms with Crippen LogP contribution in [0.4, 0.5) is 4.39 Å². The smallest absolute Gasteiger partial charge is 0.230 e. The molecule has 1 atom stereocenters. The molecule has 0 radical (unpaired) electrons. The van der Waals surface area contributed by atoms with Crippen LogP contribution in [-0.2, 0) is 5.54 Å². The highest BCUT2D eigenvalue weighted by atomic mass is 32.2. The third-order valence-electron chi connectivity index (χ3n) is 3.87. The molecule has 1 heterocycles. The van der Waals surface area contributed by atoms with Gasteiger partial charge in [-0.15, -0.1) is 11.8 Å². The van der Waals surface area contributed by atoms with Crippen LogP contribution in [0, 0.1) is 5.82 Å². The summed E-state index contributed by atoms with van der Waals surface area (Å²) >= 11 is 1.64. The summed E-state index contributed by atoms with van der Waals surface area (Å²) in [5.74, 6) is 1.96. The van der Waals surface area contributed by atoms with Crippen molar-refractivity contribution in [2.45, 2.75) is 42.5 Å². The molecule has 1 fully saturated rings. The number of hydrogen-bond acceptors (Lipinski definition) is 5. The Balaban J connectivity index is 1.60. The molecule has 112 valence electrons. The van der Waals surface area contributed by atoms with Gasteiger partial charge >= 0.3 is 0 Å². The highest BCUT2D eigenvalue weighted by Gasteiger charge is 2.39. The van der Waals surface area contributed by atoms with Gasteiger partial charge in [-0.05, 0) is 43.5 Å². The molecule has 0 amide bonds. The third-order valence-corrected chi connectivity index (χ3v) is 5.14. The normalized spacial score (nSPS) is 18.2. The fraction of sp³-hybridized carbons (Fsp3) is 0.467. The van der Waals surface area contributed by atoms with Crippen LogP contribution in [-0.4, -0.2) is 15.9 Å². The van der Waals surface area contributed by atoms with E-state index in [-0.39, 0.29) is 17.3 Å². The highest BCUT2D eigenvalue weighted by molar-refractivity contribution is 7.99. The minimum Gasteiger partial charge on any atom is -0.339 e. The number of thioether (sulfide) groups is 1. The second-order valence-electron chi connectivity index (χ2n) is 5.63. The van der Waals surface area contributed by atoms with E-state index in [9.17, 15) is 4.39 Å². The minimum absolute atomic E-state index is 0.130. The highest BCUT2D eigenvalue weighted by Crippen LogP contribution is 2.37. The number of nitrogens with zero attached hydrogens (tertiary/aromatic N) is 2. The second-order valence-corrected chi connectivity index (χ2v) is 6.73. The third kappa shape index (κ3) is 3.11. The summed E-state index contributed by atoms with van der Waals surface area (Å²) in [5, 5.41) is 4.03. The van der Waals surface area contributed by atoms with E-state index < -0.39 is 0 Å². The van der Waals surface area contributed by atoms with Crippen molar-refractivity contribution in [3.05, 3.63) is 41.8 Å². The second kappa shape index (κ2) is 5.77. The van der Waals surface area contributed by atoms with Crippen molar-refractivity contribution in [1.29, 1.82) is 0 Å². The van der Waals surface area contributed by atoms with Crippen LogP contribution >= 0.6 is 11.8 Å². The molecule has 6 heteroatoms. The van der Waals surface area contributed by atoms with Gasteiger partial charge in [-0.2, -0.15) is 4.98 Å². The summed E-state index contributed by atoms with van der Waals surface area (Å²) in [6.45, 7) is 2.04. The van der Waals surface area contributed by atoms with E-state index in [1.807, 2.05) is 6.92 Å². The Morgan fingerprint density at radius 3 is 2.71 bits per heavy atom. The molecule has 1 aliphatic carbocycles. The summed E-state index contributed by atoms with van der Waals surface area (Å²) in [6.07, 6.45) is 2.96. The van der Waals surface area contributed by atoms with Crippen molar-refractivity contribution >= 4 is 11.8 Å². The van der Waals surface area contributed by atoms with Crippen molar-refractivity contribution in [2.24, 2.45) is 5.73 Å². The molecule has 1 unspecified atom stereocenters. The molecule has 21 heavy (non-hydrogen) atoms. The number of benzene rings is 1. The SMILES string of the molecule is CC(CSc1ccc(F)cc1)c1nc(C2(N)CCC2)no1. The first-order valence-corrected chi connectivity index (χ1v) is 8.07. The van der Waals surface area contributed by atoms with Gasteiger partial charge in [-0.25, -0.2) is 4.39 Å². The van der Waals surface area contributed by atoms with Gasteiger partial charge in [0.05, 0.1) is 5.54 Å². The van der Waals surface area contributed by atoms with Gasteiger partial charge in [0.15, 0.2) is 5.82 Å². The standard InChI is InChI=1S/C15H18FN3OS/c1-10(9-21-12-5-3-11(16)4-6-12)13-18-14(19-20-13)15(17)7-2-8-15/h3-6,10H,2,7-9,17H2,1H3. The Bertz CT molecular complexity index is 610. The first-order chi connectivity index (χ1) is 10.1. The predicted octanol–water partition coefficient (Wildman–Crippen LogP) is 3.44. The lowest BCUT2D eigenvalue weighted by molar-refractivity contribution is 0.228. The molecular weight excluding hydrogens is 289 g/mol. The summed E-state index contributed by atoms with van der Waals surface area (Å²) in [7, 11) is 0. The number of hydrogen-bond donors (Lipinski definition) is 1. The number of rotatable bonds is 5. The number of aromatic nitrogens is 2. The lowest BCUT2D eigenvalue weighted by atomic mass is 9.77. The van der Waals surface area contributed by atoms with E-state index >= 15 is 0 Å². The molecular formula is C15H18FN3OS. The Hall–Kier alpha value is -1.40. The molecule has 2 aromatic rings. The fourth-order valence-electron chi connectivity index (χ4n) is 2.24. The average molecular weight is 307 g/mol. The van der Waals surface area contributed by atoms with Crippen LogP contribution in [0.15, 0.2) is 33.7 Å². The lowest BCUT2D eigenvalue weighted by Crippen LogP contribution is -2.44. The van der Waals surface area contributed by atoms with Crippen LogP contribution in [0.2, 0.25) is 0 Å². The zero-order valence-corrected chi connectivity index (χ0v) is 12.7. The summed E-state index contributed by atoms with van der Waals surface area (Å²) in [5.41, 5.74) is 5.81. The van der Waals surface area contributed by atoms with Crippen molar-refractivity contribution in [3.8, 4) is 0 Å². The molecule has 0 bridgehead atoms. The number of halogens is 1. The zero-order valence-electron chi connectivity index (χ0n) is 11.9. The maximum atomic E-state index is 12.8. The first-order valence-electron chi connectivity index (χ1n) is 7.08. The molecule has 3 rings (SSSR count). The van der Waals surface area contributed by atoms with Gasteiger partial charge < -0.3 is 10.3 Å². The van der Waals surface area contributed by atoms with E-state index in [1.165, 1.54) is 12.1 Å². The van der Waals surface area contributed by atoms with Crippen LogP contribution in [0.1, 0.15) is 43.8 Å². The summed E-state index contributed by atoms with van der Waals surface area (Å²) in [6, 6.07) is 6.48. The van der Waals surface area contributed by atoms with E-state index in [4.69, 9.17) is 10.3 Å². The largest absolute Gasteiger partial charge is 0.339 e. The molecule has 0 aliphatic heterocycles. The maximum Gasteiger partial charge on any atom is 0.230 e. The minimum atomic E-state index is -0.383. The molecule has 0 spiro atoms. The van der Waals surface area contributed by atoms with Gasteiger partial charge in [0.2, 0.25) is 5.89 Å². The van der Waals surface area contributed by atoms with Crippen molar-refractivity contribution in [1.82, 2.24) is 10.1 Å². The van der Waals surface area contributed by atoms with Gasteiger partial charge in [0.25, 0.3) is 0 Å². The monoisotopic (exact) mass is 307 g/mol. The van der Waals surface area contributed by atoms with Crippen molar-refractivity contribution < 1.29 is 8.91 Å². The van der Waals surface area contributed by atoms with Crippen molar-refractivity contribution in [2.75, 3.05) is 5.75 Å². The van der Waals surface area contributed by atoms with Gasteiger partial charge in [-0.3, -0.25) is 0 Å². The lowest BCUT2D eigenvalue weighted by Gasteiger charge is -2.34. The van der Waals surface area contributed by atoms with Gasteiger partial charge in [-0.1, -0.05) is 12.1 Å². The molecule has 1 aromatic carbocycles. The van der Waals surface area contributed by atoms with E-state index in [2.05, 4.69) is 10.1 Å². The maximum absolute atomic E-state index is 12.8. The predicted molar refractivity (Wildman–Crippen MR) is 79.6 cm³/mol. The average Bonchev–Trinajstić information content (AvgIpc) is 2.94. The zero-order chi connectivity index (χ0) is 14.9. The molecule has 1 aromatic heterocycles. The first kappa shape index (κ1) is 14.5. The van der Waals surface area contributed by atoms with Gasteiger partial charge in [0.1, 0.15) is 5.82 Å². The fourth-order valence-corrected chi connectivity index (χ4v) is 3.16. The molecule has 4 nitrogen and oxygen atoms in total. The summed E-state index contributed by atoms with van der Waals surface area (Å²) < 4.78 is 18.2. The Morgan fingerprint density at radius 2 is 2.10 bits per heavy atom. The topological polar surface area (TPSA) is 64.9 Å². The van der Waals surface area contributed by atoms with Crippen LogP contribution in [0.3, 0.4) is 0 Å². The van der Waals surface area contributed by atoms with E-state index in [0.29, 0.717) is 11.7 Å². The Labute approximate surface area is 127 Å². The molecule has 0 saturated heterocycles. The van der Waals surface area contributed by atoms with E-state index in [0.717, 1.165) is 29.9 Å². The van der Waals surface area contributed by atoms with Crippen LogP contribution in [0.5, 0.6) is 0 Å².